The first-order valence-electron chi connectivity index (χ1n) is 24.6. The molecule has 0 unspecified atom stereocenters. The Morgan fingerprint density at radius 1 is 0.532 bits per heavy atom. The van der Waals surface area contributed by atoms with Crippen LogP contribution in [-0.2, 0) is 36.7 Å². The van der Waals surface area contributed by atoms with Crippen LogP contribution in [0, 0.1) is 0 Å². The minimum Gasteiger partial charge on any atom is -0.480 e. The highest BCUT2D eigenvalue weighted by Gasteiger charge is 2.50. The van der Waals surface area contributed by atoms with E-state index in [0.717, 1.165) is 5.39 Å². The third kappa shape index (κ3) is 10.1. The fourth-order valence-corrected chi connectivity index (χ4v) is 14.5. The lowest BCUT2D eigenvalue weighted by atomic mass is 9.97. The molecule has 0 saturated carbocycles. The van der Waals surface area contributed by atoms with Crippen LogP contribution in [0.15, 0.2) is 122 Å². The van der Waals surface area contributed by atoms with Crippen molar-refractivity contribution < 1.29 is 47.7 Å². The Hall–Kier alpha value is -8.92. The molecule has 20 nitrogen and oxygen atoms in total. The SMILES string of the molecule is COc1ncc(C2=C(c3cn(CCCO)c4ncccc34)C(=O)NC2=O)c(OC)n1.COc1ncc(C2=C(c3cn(CCCO[Si](c4ccccc4)(c4ccccc4)C(C)(C)C)c4ncccc34)C(=O)NC2=O)c(OC)n1. The summed E-state index contributed by atoms with van der Waals surface area (Å²) in [6, 6.07) is 28.6. The van der Waals surface area contributed by atoms with Crippen LogP contribution in [0.5, 0.6) is 23.8 Å². The number of hydrogen-bond acceptors (Lipinski definition) is 16. The number of pyridine rings is 2. The van der Waals surface area contributed by atoms with E-state index in [1.807, 2.05) is 45.7 Å². The van der Waals surface area contributed by atoms with Crippen LogP contribution < -0.4 is 40.0 Å². The second-order valence-corrected chi connectivity index (χ2v) is 23.1. The number of fused-ring (bicyclic) bond motifs is 2. The molecule has 2 aromatic carbocycles. The number of aliphatic hydroxyl groups excluding tert-OH is 1. The van der Waals surface area contributed by atoms with E-state index < -0.39 is 31.9 Å². The molecule has 0 radical (unpaired) electrons. The largest absolute Gasteiger partial charge is 0.480 e. The molecule has 0 saturated heterocycles. The number of ether oxygens (including phenoxy) is 4. The number of methoxy groups -OCH3 is 4. The number of rotatable bonds is 18. The van der Waals surface area contributed by atoms with Gasteiger partial charge in [0, 0.05) is 85.4 Å². The summed E-state index contributed by atoms with van der Waals surface area (Å²) >= 11 is 0. The van der Waals surface area contributed by atoms with Gasteiger partial charge in [-0.15, -0.1) is 0 Å². The van der Waals surface area contributed by atoms with Crippen LogP contribution in [0.1, 0.15) is 55.9 Å². The lowest BCUT2D eigenvalue weighted by molar-refractivity contribution is -0.124. The highest BCUT2D eigenvalue weighted by atomic mass is 28.4. The summed E-state index contributed by atoms with van der Waals surface area (Å²) in [6.45, 7) is 8.42. The molecular weight excluding hydrogens is 1000 g/mol. The van der Waals surface area contributed by atoms with Crippen molar-refractivity contribution >= 4 is 86.7 Å². The van der Waals surface area contributed by atoms with Crippen molar-refractivity contribution in [2.24, 2.45) is 0 Å². The quantitative estimate of drug-likeness (QED) is 0.0570. The molecule has 2 aliphatic rings. The first-order valence-corrected chi connectivity index (χ1v) is 26.5. The van der Waals surface area contributed by atoms with Gasteiger partial charge in [0.15, 0.2) is 0 Å². The van der Waals surface area contributed by atoms with E-state index in [2.05, 4.69) is 110 Å². The second-order valence-electron chi connectivity index (χ2n) is 18.8. The number of aromatic nitrogens is 8. The average molecular weight is 1060 g/mol. The van der Waals surface area contributed by atoms with E-state index in [1.165, 1.54) is 51.2 Å². The third-order valence-corrected chi connectivity index (χ3v) is 18.3. The van der Waals surface area contributed by atoms with Gasteiger partial charge in [0.2, 0.25) is 11.8 Å². The van der Waals surface area contributed by atoms with Gasteiger partial charge in [0.1, 0.15) is 11.3 Å². The van der Waals surface area contributed by atoms with Gasteiger partial charge in [-0.1, -0.05) is 81.4 Å². The van der Waals surface area contributed by atoms with E-state index >= 15 is 0 Å². The van der Waals surface area contributed by atoms with Gasteiger partial charge in [-0.3, -0.25) is 29.8 Å². The van der Waals surface area contributed by atoms with Gasteiger partial charge < -0.3 is 37.6 Å². The number of benzene rings is 2. The van der Waals surface area contributed by atoms with Crippen LogP contribution in [0.2, 0.25) is 5.04 Å². The first-order chi connectivity index (χ1) is 37.3. The lowest BCUT2D eigenvalue weighted by Crippen LogP contribution is -2.66. The number of nitrogens with one attached hydrogen (secondary N) is 2. The molecule has 6 aromatic heterocycles. The number of nitrogens with zero attached hydrogens (tertiary/aromatic N) is 8. The van der Waals surface area contributed by atoms with E-state index in [0.29, 0.717) is 60.3 Å². The summed E-state index contributed by atoms with van der Waals surface area (Å²) in [5.41, 5.74) is 3.69. The monoisotopic (exact) mass is 1060 g/mol. The maximum Gasteiger partial charge on any atom is 0.319 e. The zero-order valence-corrected chi connectivity index (χ0v) is 44.5. The molecule has 3 N–H and O–H groups in total. The van der Waals surface area contributed by atoms with Gasteiger partial charge in [-0.05, 0) is 52.5 Å². The van der Waals surface area contributed by atoms with Crippen molar-refractivity contribution in [3.8, 4) is 23.8 Å². The Morgan fingerprint density at radius 2 is 0.948 bits per heavy atom. The number of aliphatic hydroxyl groups is 1. The van der Waals surface area contributed by atoms with Crippen molar-refractivity contribution in [1.82, 2.24) is 49.7 Å². The smallest absolute Gasteiger partial charge is 0.319 e. The maximum atomic E-state index is 13.3. The van der Waals surface area contributed by atoms with E-state index in [4.69, 9.17) is 23.4 Å². The summed E-state index contributed by atoms with van der Waals surface area (Å²) < 4.78 is 31.9. The Bertz CT molecular complexity index is 3570. The molecule has 2 aliphatic heterocycles. The average Bonchev–Trinajstić information content (AvgIpc) is 4.21. The molecule has 0 spiro atoms. The standard InChI is InChI=1S/C36H37N5O5Si.C20H19N5O5/c1-36(2,3)47(24-14-8-6-9-15-24,25-16-10-7-11-17-25)46-21-13-20-41-23-28(26-18-12-19-37-31(26)41)30-29(32(42)39-33(30)43)27-22-38-35(45-5)40-34(27)44-4;1-29-19-12(9-22-20(24-19)30-2)14-15(18(28)23-17(14)27)13-10-25(7-4-8-26)16-11(13)5-3-6-21-16/h6-12,14-19,22-23H,13,20-21H2,1-5H3,(H,39,42,43);3,5-6,9-10,26H,4,7-8H2,1-2H3,(H,23,27,28). The van der Waals surface area contributed by atoms with Crippen molar-refractivity contribution in [3.63, 3.8) is 0 Å². The Morgan fingerprint density at radius 3 is 1.34 bits per heavy atom. The van der Waals surface area contributed by atoms with E-state index in [-0.39, 0.29) is 68.8 Å². The Kier molecular flexibility index (Phi) is 15.5. The highest BCUT2D eigenvalue weighted by Crippen LogP contribution is 2.41. The molecule has 0 aliphatic carbocycles. The van der Waals surface area contributed by atoms with Crippen molar-refractivity contribution in [1.29, 1.82) is 0 Å². The summed E-state index contributed by atoms with van der Waals surface area (Å²) in [4.78, 5) is 77.7. The second kappa shape index (κ2) is 22.5. The molecule has 0 bridgehead atoms. The molecule has 8 aromatic rings. The lowest BCUT2D eigenvalue weighted by Gasteiger charge is -2.43. The molecule has 10 rings (SSSR count). The number of amides is 4. The minimum atomic E-state index is -2.69. The van der Waals surface area contributed by atoms with Crippen molar-refractivity contribution in [2.45, 2.75) is 51.7 Å². The summed E-state index contributed by atoms with van der Waals surface area (Å²) in [5, 5.41) is 17.8. The Labute approximate surface area is 443 Å². The molecule has 394 valence electrons. The van der Waals surface area contributed by atoms with Crippen LogP contribution in [0.4, 0.5) is 0 Å². The molecule has 0 atom stereocenters. The van der Waals surface area contributed by atoms with Crippen LogP contribution in [0.25, 0.3) is 44.4 Å². The number of carbonyl (C=O) groups is 4. The summed E-state index contributed by atoms with van der Waals surface area (Å²) in [5.74, 6) is -1.93. The van der Waals surface area contributed by atoms with Gasteiger partial charge in [-0.25, -0.2) is 19.9 Å². The molecular formula is C56H56N10O10Si. The summed E-state index contributed by atoms with van der Waals surface area (Å²) in [6.07, 6.45) is 11.0. The topological polar surface area (TPSA) is 246 Å². The Balaban J connectivity index is 0.000000207. The molecule has 21 heteroatoms. The van der Waals surface area contributed by atoms with Gasteiger partial charge in [0.05, 0.1) is 61.9 Å². The van der Waals surface area contributed by atoms with Gasteiger partial charge in [-0.2, -0.15) is 9.97 Å². The zero-order valence-electron chi connectivity index (χ0n) is 43.5. The van der Waals surface area contributed by atoms with Gasteiger partial charge in [0.25, 0.3) is 31.9 Å². The number of carbonyl (C=O) groups excluding carboxylic acids is 4. The van der Waals surface area contributed by atoms with Crippen molar-refractivity contribution in [2.75, 3.05) is 41.7 Å². The van der Waals surface area contributed by atoms with Crippen molar-refractivity contribution in [3.05, 3.63) is 144 Å². The molecule has 0 fully saturated rings. The highest BCUT2D eigenvalue weighted by molar-refractivity contribution is 6.99. The van der Waals surface area contributed by atoms with E-state index in [1.54, 1.807) is 24.7 Å². The summed E-state index contributed by atoms with van der Waals surface area (Å²) in [7, 11) is 3.00. The zero-order chi connectivity index (χ0) is 54.4. The first kappa shape index (κ1) is 52.9. The fraction of sp³-hybridized carbons (Fsp3) is 0.250. The third-order valence-electron chi connectivity index (χ3n) is 13.3. The molecule has 8 heterocycles. The van der Waals surface area contributed by atoms with E-state index in [9.17, 15) is 24.3 Å². The van der Waals surface area contributed by atoms with Gasteiger partial charge >= 0.3 is 12.0 Å². The predicted octanol–water partition coefficient (Wildman–Crippen LogP) is 5.17. The molecule has 77 heavy (non-hydrogen) atoms. The number of imide groups is 2. The van der Waals surface area contributed by atoms with Crippen LogP contribution in [0.3, 0.4) is 0 Å². The van der Waals surface area contributed by atoms with Crippen LogP contribution in [-0.4, -0.2) is 118 Å². The van der Waals surface area contributed by atoms with Crippen LogP contribution >= 0.6 is 0 Å². The fourth-order valence-electron chi connectivity index (χ4n) is 9.94. The number of aryl methyl sites for hydroxylation is 2. The predicted molar refractivity (Wildman–Crippen MR) is 290 cm³/mol. The number of hydrogen-bond donors (Lipinski definition) is 3. The molecule has 4 amide bonds. The minimum absolute atomic E-state index is 0.0230. The normalized spacial score (nSPS) is 13.8. The maximum absolute atomic E-state index is 13.3.